The van der Waals surface area contributed by atoms with Gasteiger partial charge in [-0.25, -0.2) is 0 Å². The summed E-state index contributed by atoms with van der Waals surface area (Å²) in [5, 5.41) is 0. The van der Waals surface area contributed by atoms with Gasteiger partial charge in [-0.15, -0.1) is 0 Å². The summed E-state index contributed by atoms with van der Waals surface area (Å²) >= 11 is 0. The Morgan fingerprint density at radius 3 is 1.04 bits per heavy atom. The van der Waals surface area contributed by atoms with Crippen LogP contribution in [0.5, 0.6) is 0 Å². The monoisotopic (exact) mass is 322 g/mol. The molecule has 2 aromatic rings. The summed E-state index contributed by atoms with van der Waals surface area (Å²) in [5.41, 5.74) is 5.58. The molecule has 0 saturated heterocycles. The van der Waals surface area contributed by atoms with Gasteiger partial charge in [0, 0.05) is 11.1 Å². The number of hydrogen-bond donors (Lipinski definition) is 0. The molecule has 0 aliphatic rings. The molecule has 3 heteroatoms. The van der Waals surface area contributed by atoms with Crippen LogP contribution in [0.25, 0.3) is 0 Å². The first-order valence-corrected chi connectivity index (χ1v) is 7.92. The third-order valence-corrected chi connectivity index (χ3v) is 4.22. The molecule has 0 heterocycles. The number of Topliss-reactive ketones (excluding diaryl/α,β-unsaturated/α-hetero) is 3. The van der Waals surface area contributed by atoms with Crippen LogP contribution in [-0.4, -0.2) is 17.3 Å². The van der Waals surface area contributed by atoms with Gasteiger partial charge in [0.15, 0.2) is 0 Å². The van der Waals surface area contributed by atoms with Gasteiger partial charge in [-0.1, -0.05) is 35.4 Å². The van der Waals surface area contributed by atoms with Crippen molar-refractivity contribution in [2.75, 3.05) is 0 Å². The van der Waals surface area contributed by atoms with Crippen molar-refractivity contribution >= 4 is 17.3 Å². The molecule has 3 nitrogen and oxygen atoms in total. The van der Waals surface area contributed by atoms with Crippen LogP contribution in [-0.2, 0) is 4.79 Å². The fraction of sp³-hybridized carbons (Fsp3) is 0.286. The van der Waals surface area contributed by atoms with E-state index in [4.69, 9.17) is 0 Å². The Morgan fingerprint density at radius 1 is 0.542 bits per heavy atom. The van der Waals surface area contributed by atoms with Gasteiger partial charge in [-0.05, 0) is 63.8 Å². The molecule has 0 saturated carbocycles. The second-order valence-corrected chi connectivity index (χ2v) is 6.53. The van der Waals surface area contributed by atoms with Crippen LogP contribution in [0.15, 0.2) is 24.3 Å². The van der Waals surface area contributed by atoms with Gasteiger partial charge in [0.25, 0.3) is 5.78 Å². The Labute approximate surface area is 142 Å². The van der Waals surface area contributed by atoms with Crippen molar-refractivity contribution in [2.45, 2.75) is 41.5 Å². The van der Waals surface area contributed by atoms with E-state index in [1.165, 1.54) is 0 Å². The SMILES string of the molecule is Cc1cc(C)c(C(=O)C(=O)C(=O)c2c(C)cc(C)cc2C)c(C)c1. The molecule has 0 N–H and O–H groups in total. The number of carbonyl (C=O) groups is 3. The van der Waals surface area contributed by atoms with Gasteiger partial charge in [-0.2, -0.15) is 0 Å². The molecule has 0 spiro atoms. The number of ketones is 3. The van der Waals surface area contributed by atoms with E-state index in [2.05, 4.69) is 0 Å². The maximum atomic E-state index is 12.6. The van der Waals surface area contributed by atoms with Gasteiger partial charge < -0.3 is 0 Å². The molecule has 2 aromatic carbocycles. The van der Waals surface area contributed by atoms with E-state index >= 15 is 0 Å². The quantitative estimate of drug-likeness (QED) is 0.482. The summed E-state index contributed by atoms with van der Waals surface area (Å²) in [6.45, 7) is 11.0. The van der Waals surface area contributed by atoms with Gasteiger partial charge in [0.05, 0.1) is 0 Å². The maximum absolute atomic E-state index is 12.6. The Balaban J connectivity index is 2.46. The van der Waals surface area contributed by atoms with Gasteiger partial charge in [0.1, 0.15) is 0 Å². The summed E-state index contributed by atoms with van der Waals surface area (Å²) in [6.07, 6.45) is 0. The number of benzene rings is 2. The molecule has 2 rings (SSSR count). The minimum Gasteiger partial charge on any atom is -0.285 e. The summed E-state index contributed by atoms with van der Waals surface area (Å²) in [4.78, 5) is 37.8. The van der Waals surface area contributed by atoms with E-state index in [1.54, 1.807) is 27.7 Å². The number of hydrogen-bond acceptors (Lipinski definition) is 3. The first-order chi connectivity index (χ1) is 11.1. The van der Waals surface area contributed by atoms with E-state index in [1.807, 2.05) is 38.1 Å². The molecular weight excluding hydrogens is 300 g/mol. The van der Waals surface area contributed by atoms with Gasteiger partial charge >= 0.3 is 0 Å². The molecule has 0 aliphatic heterocycles. The van der Waals surface area contributed by atoms with Crippen molar-refractivity contribution in [1.29, 1.82) is 0 Å². The zero-order valence-corrected chi connectivity index (χ0v) is 15.0. The highest BCUT2D eigenvalue weighted by Gasteiger charge is 2.29. The minimum absolute atomic E-state index is 0.335. The lowest BCUT2D eigenvalue weighted by atomic mass is 9.89. The Kier molecular flexibility index (Phi) is 4.83. The molecule has 24 heavy (non-hydrogen) atoms. The molecular formula is C21H22O3. The van der Waals surface area contributed by atoms with E-state index < -0.39 is 17.3 Å². The van der Waals surface area contributed by atoms with Crippen molar-refractivity contribution < 1.29 is 14.4 Å². The number of aryl methyl sites for hydroxylation is 6. The molecule has 0 radical (unpaired) electrons. The first-order valence-electron chi connectivity index (χ1n) is 7.92. The van der Waals surface area contributed by atoms with Crippen molar-refractivity contribution in [1.82, 2.24) is 0 Å². The second kappa shape index (κ2) is 6.52. The van der Waals surface area contributed by atoms with Crippen molar-refractivity contribution in [2.24, 2.45) is 0 Å². The highest BCUT2D eigenvalue weighted by molar-refractivity contribution is 6.70. The van der Waals surface area contributed by atoms with Crippen LogP contribution in [0.4, 0.5) is 0 Å². The highest BCUT2D eigenvalue weighted by Crippen LogP contribution is 2.21. The van der Waals surface area contributed by atoms with Crippen LogP contribution in [0, 0.1) is 41.5 Å². The fourth-order valence-electron chi connectivity index (χ4n) is 3.41. The molecule has 0 fully saturated rings. The van der Waals surface area contributed by atoms with E-state index in [-0.39, 0.29) is 0 Å². The predicted molar refractivity (Wildman–Crippen MR) is 95.0 cm³/mol. The van der Waals surface area contributed by atoms with Crippen LogP contribution in [0.2, 0.25) is 0 Å². The summed E-state index contributed by atoms with van der Waals surface area (Å²) < 4.78 is 0. The topological polar surface area (TPSA) is 51.2 Å². The summed E-state index contributed by atoms with van der Waals surface area (Å²) in [5.74, 6) is -2.43. The van der Waals surface area contributed by atoms with Crippen molar-refractivity contribution in [3.05, 3.63) is 68.8 Å². The Morgan fingerprint density at radius 2 is 0.792 bits per heavy atom. The molecule has 0 unspecified atom stereocenters. The van der Waals surface area contributed by atoms with E-state index in [0.29, 0.717) is 11.1 Å². The smallest absolute Gasteiger partial charge is 0.273 e. The third kappa shape index (κ3) is 3.21. The third-order valence-electron chi connectivity index (χ3n) is 4.22. The van der Waals surface area contributed by atoms with Gasteiger partial charge in [-0.3, -0.25) is 14.4 Å². The first kappa shape index (κ1) is 17.8. The standard InChI is InChI=1S/C21H22O3/c1-11-7-13(3)17(14(4)8-11)19(22)21(24)20(23)18-15(5)9-12(2)10-16(18)6/h7-10H,1-6H3. The molecule has 0 atom stereocenters. The highest BCUT2D eigenvalue weighted by atomic mass is 16.2. The van der Waals surface area contributed by atoms with Crippen LogP contribution in [0.1, 0.15) is 54.1 Å². The number of carbonyl (C=O) groups excluding carboxylic acids is 3. The molecule has 0 aromatic heterocycles. The second-order valence-electron chi connectivity index (χ2n) is 6.53. The largest absolute Gasteiger partial charge is 0.285 e. The average molecular weight is 322 g/mol. The van der Waals surface area contributed by atoms with Crippen LogP contribution in [0.3, 0.4) is 0 Å². The molecule has 0 amide bonds. The molecule has 124 valence electrons. The Hall–Kier alpha value is -2.55. The summed E-state index contributed by atoms with van der Waals surface area (Å²) in [6, 6.07) is 7.39. The lowest BCUT2D eigenvalue weighted by molar-refractivity contribution is -0.111. The van der Waals surface area contributed by atoms with E-state index in [9.17, 15) is 14.4 Å². The molecule has 0 bridgehead atoms. The van der Waals surface area contributed by atoms with Gasteiger partial charge in [0.2, 0.25) is 11.6 Å². The van der Waals surface area contributed by atoms with E-state index in [0.717, 1.165) is 33.4 Å². The maximum Gasteiger partial charge on any atom is 0.273 e. The van der Waals surface area contributed by atoms with Crippen LogP contribution >= 0.6 is 0 Å². The molecule has 0 aliphatic carbocycles. The normalized spacial score (nSPS) is 10.6. The minimum atomic E-state index is -0.972. The Bertz CT molecular complexity index is 755. The summed E-state index contributed by atoms with van der Waals surface area (Å²) in [7, 11) is 0. The van der Waals surface area contributed by atoms with Crippen LogP contribution < -0.4 is 0 Å². The zero-order chi connectivity index (χ0) is 18.2. The van der Waals surface area contributed by atoms with Crippen molar-refractivity contribution in [3.8, 4) is 0 Å². The average Bonchev–Trinajstić information content (AvgIpc) is 2.43. The van der Waals surface area contributed by atoms with Crippen molar-refractivity contribution in [3.63, 3.8) is 0 Å². The predicted octanol–water partition coefficient (Wildman–Crippen LogP) is 4.17. The lowest BCUT2D eigenvalue weighted by Crippen LogP contribution is -2.27. The fourth-order valence-corrected chi connectivity index (χ4v) is 3.41. The zero-order valence-electron chi connectivity index (χ0n) is 15.0. The number of rotatable bonds is 4. The lowest BCUT2D eigenvalue weighted by Gasteiger charge is -2.12.